The molecule has 0 heterocycles. The van der Waals surface area contributed by atoms with Crippen LogP contribution in [0.2, 0.25) is 0 Å². The Kier molecular flexibility index (Phi) is 6.29. The van der Waals surface area contributed by atoms with Crippen molar-refractivity contribution in [2.45, 2.75) is 38.8 Å². The van der Waals surface area contributed by atoms with Crippen LogP contribution in [0.1, 0.15) is 25.8 Å². The van der Waals surface area contributed by atoms with E-state index in [1.54, 1.807) is 6.92 Å². The van der Waals surface area contributed by atoms with Crippen molar-refractivity contribution in [2.24, 2.45) is 11.5 Å². The molecule has 1 aromatic rings. The van der Waals surface area contributed by atoms with Gasteiger partial charge in [-0.2, -0.15) is 0 Å². The molecule has 0 bridgehead atoms. The van der Waals surface area contributed by atoms with Crippen LogP contribution < -0.4 is 16.2 Å². The second kappa shape index (κ2) is 7.26. The van der Waals surface area contributed by atoms with Gasteiger partial charge in [0.15, 0.2) is 6.10 Å². The van der Waals surface area contributed by atoms with E-state index in [0.717, 1.165) is 27.4 Å². The first kappa shape index (κ1) is 16.5. The molecule has 0 aromatic heterocycles. The first-order valence-corrected chi connectivity index (χ1v) is 7.63. The van der Waals surface area contributed by atoms with Crippen LogP contribution in [0.15, 0.2) is 21.1 Å². The fourth-order valence-corrected chi connectivity index (χ4v) is 2.99. The number of benzene rings is 1. The molecule has 0 radical (unpaired) electrons. The summed E-state index contributed by atoms with van der Waals surface area (Å²) in [6, 6.07) is 4.03. The Morgan fingerprint density at radius 1 is 1.37 bits per heavy atom. The Bertz CT molecular complexity index is 443. The molecule has 0 saturated heterocycles. The summed E-state index contributed by atoms with van der Waals surface area (Å²) in [6.07, 6.45) is 1.03. The van der Waals surface area contributed by atoms with E-state index in [1.165, 1.54) is 0 Å². The SMILES string of the molecule is CCC(N)Cc1cc(Br)c(OC(C)C(N)=O)c(Br)c1. The minimum Gasteiger partial charge on any atom is -0.479 e. The van der Waals surface area contributed by atoms with E-state index in [1.807, 2.05) is 12.1 Å². The first-order chi connectivity index (χ1) is 8.85. The minimum absolute atomic E-state index is 0.134. The lowest BCUT2D eigenvalue weighted by Crippen LogP contribution is -2.30. The maximum absolute atomic E-state index is 11.0. The average Bonchev–Trinajstić information content (AvgIpc) is 2.33. The number of nitrogens with two attached hydrogens (primary N) is 2. The molecule has 0 aliphatic carbocycles. The van der Waals surface area contributed by atoms with Crippen molar-refractivity contribution in [1.82, 2.24) is 0 Å². The van der Waals surface area contributed by atoms with Crippen LogP contribution in [0, 0.1) is 0 Å². The zero-order valence-electron chi connectivity index (χ0n) is 11.0. The highest BCUT2D eigenvalue weighted by molar-refractivity contribution is 9.11. The molecule has 2 unspecified atom stereocenters. The van der Waals surface area contributed by atoms with Crippen LogP contribution in [-0.2, 0) is 11.2 Å². The lowest BCUT2D eigenvalue weighted by Gasteiger charge is -2.16. The lowest BCUT2D eigenvalue weighted by atomic mass is 10.0. The van der Waals surface area contributed by atoms with Gasteiger partial charge >= 0.3 is 0 Å². The zero-order chi connectivity index (χ0) is 14.6. The number of amides is 1. The van der Waals surface area contributed by atoms with E-state index < -0.39 is 12.0 Å². The molecule has 1 rings (SSSR count). The fourth-order valence-electron chi connectivity index (χ4n) is 1.52. The maximum atomic E-state index is 11.0. The summed E-state index contributed by atoms with van der Waals surface area (Å²) in [5.41, 5.74) is 12.2. The van der Waals surface area contributed by atoms with Gasteiger partial charge in [0.25, 0.3) is 5.91 Å². The van der Waals surface area contributed by atoms with Gasteiger partial charge < -0.3 is 16.2 Å². The second-order valence-electron chi connectivity index (χ2n) is 4.42. The van der Waals surface area contributed by atoms with Gasteiger partial charge in [0.2, 0.25) is 0 Å². The van der Waals surface area contributed by atoms with Gasteiger partial charge in [0.1, 0.15) is 5.75 Å². The Hall–Kier alpha value is -0.590. The predicted molar refractivity (Wildman–Crippen MR) is 83.1 cm³/mol. The van der Waals surface area contributed by atoms with Gasteiger partial charge in [-0.1, -0.05) is 6.92 Å². The van der Waals surface area contributed by atoms with Crippen molar-refractivity contribution >= 4 is 37.8 Å². The highest BCUT2D eigenvalue weighted by atomic mass is 79.9. The molecule has 106 valence electrons. The van der Waals surface area contributed by atoms with E-state index in [2.05, 4.69) is 38.8 Å². The Balaban J connectivity index is 2.94. The third-order valence-corrected chi connectivity index (χ3v) is 3.95. The molecule has 0 aliphatic rings. The summed E-state index contributed by atoms with van der Waals surface area (Å²) in [7, 11) is 0. The summed E-state index contributed by atoms with van der Waals surface area (Å²) in [5, 5.41) is 0. The summed E-state index contributed by atoms with van der Waals surface area (Å²) in [6.45, 7) is 3.67. The molecule has 19 heavy (non-hydrogen) atoms. The van der Waals surface area contributed by atoms with E-state index in [0.29, 0.717) is 5.75 Å². The van der Waals surface area contributed by atoms with Crippen molar-refractivity contribution in [3.8, 4) is 5.75 Å². The fraction of sp³-hybridized carbons (Fsp3) is 0.462. The van der Waals surface area contributed by atoms with Crippen molar-refractivity contribution in [1.29, 1.82) is 0 Å². The number of carbonyl (C=O) groups is 1. The molecule has 0 aliphatic heterocycles. The number of halogens is 2. The Morgan fingerprint density at radius 3 is 2.32 bits per heavy atom. The number of ether oxygens (including phenoxy) is 1. The van der Waals surface area contributed by atoms with Gasteiger partial charge in [-0.05, 0) is 69.3 Å². The molecule has 2 atom stereocenters. The summed E-state index contributed by atoms with van der Waals surface area (Å²) < 4.78 is 7.07. The smallest absolute Gasteiger partial charge is 0.258 e. The van der Waals surface area contributed by atoms with E-state index >= 15 is 0 Å². The lowest BCUT2D eigenvalue weighted by molar-refractivity contribution is -0.124. The van der Waals surface area contributed by atoms with E-state index in [4.69, 9.17) is 16.2 Å². The highest BCUT2D eigenvalue weighted by Gasteiger charge is 2.16. The standard InChI is InChI=1S/C13H18Br2N2O2/c1-3-9(16)4-8-5-10(14)12(11(15)6-8)19-7(2)13(17)18/h5-7,9H,3-4,16H2,1-2H3,(H2,17,18). The van der Waals surface area contributed by atoms with Crippen LogP contribution in [-0.4, -0.2) is 18.1 Å². The number of rotatable bonds is 6. The van der Waals surface area contributed by atoms with Gasteiger partial charge in [-0.25, -0.2) is 0 Å². The monoisotopic (exact) mass is 392 g/mol. The first-order valence-electron chi connectivity index (χ1n) is 6.04. The number of primary amides is 1. The van der Waals surface area contributed by atoms with Gasteiger partial charge in [-0.3, -0.25) is 4.79 Å². The number of hydrogen-bond donors (Lipinski definition) is 2. The third kappa shape index (κ3) is 4.78. The molecule has 1 aromatic carbocycles. The van der Waals surface area contributed by atoms with Crippen LogP contribution in [0.25, 0.3) is 0 Å². The quantitative estimate of drug-likeness (QED) is 0.779. The Labute approximate surface area is 130 Å². The second-order valence-corrected chi connectivity index (χ2v) is 6.13. The molecule has 4 N–H and O–H groups in total. The summed E-state index contributed by atoms with van der Waals surface area (Å²) in [4.78, 5) is 11.0. The summed E-state index contributed by atoms with van der Waals surface area (Å²) >= 11 is 6.88. The van der Waals surface area contributed by atoms with Crippen molar-refractivity contribution < 1.29 is 9.53 Å². The van der Waals surface area contributed by atoms with Gasteiger partial charge in [0.05, 0.1) is 8.95 Å². The average molecular weight is 394 g/mol. The van der Waals surface area contributed by atoms with Gasteiger partial charge in [-0.15, -0.1) is 0 Å². The van der Waals surface area contributed by atoms with Crippen LogP contribution >= 0.6 is 31.9 Å². The van der Waals surface area contributed by atoms with Crippen molar-refractivity contribution in [3.63, 3.8) is 0 Å². The molecular formula is C13H18Br2N2O2. The maximum Gasteiger partial charge on any atom is 0.258 e. The number of hydrogen-bond acceptors (Lipinski definition) is 3. The van der Waals surface area contributed by atoms with Crippen LogP contribution in [0.3, 0.4) is 0 Å². The van der Waals surface area contributed by atoms with Crippen molar-refractivity contribution in [3.05, 3.63) is 26.6 Å². The molecular weight excluding hydrogens is 376 g/mol. The zero-order valence-corrected chi connectivity index (χ0v) is 14.1. The van der Waals surface area contributed by atoms with Crippen molar-refractivity contribution in [2.75, 3.05) is 0 Å². The molecule has 0 saturated carbocycles. The molecule has 4 nitrogen and oxygen atoms in total. The minimum atomic E-state index is -0.684. The third-order valence-electron chi connectivity index (χ3n) is 2.78. The predicted octanol–water partition coefficient (Wildman–Crippen LogP) is 2.74. The molecule has 1 amide bonds. The Morgan fingerprint density at radius 2 is 1.89 bits per heavy atom. The largest absolute Gasteiger partial charge is 0.479 e. The van der Waals surface area contributed by atoms with Crippen LogP contribution in [0.4, 0.5) is 0 Å². The van der Waals surface area contributed by atoms with Gasteiger partial charge in [0, 0.05) is 6.04 Å². The topological polar surface area (TPSA) is 78.3 Å². The highest BCUT2D eigenvalue weighted by Crippen LogP contribution is 2.35. The molecule has 0 fully saturated rings. The van der Waals surface area contributed by atoms with E-state index in [-0.39, 0.29) is 6.04 Å². The molecule has 6 heteroatoms. The normalized spacial score (nSPS) is 13.9. The molecule has 0 spiro atoms. The van der Waals surface area contributed by atoms with E-state index in [9.17, 15) is 4.79 Å². The van der Waals surface area contributed by atoms with Crippen LogP contribution in [0.5, 0.6) is 5.75 Å². The number of carbonyl (C=O) groups excluding carboxylic acids is 1. The summed E-state index contributed by atoms with van der Waals surface area (Å²) in [5.74, 6) is 0.0657.